The number of rotatable bonds is 16. The van der Waals surface area contributed by atoms with Gasteiger partial charge in [0.25, 0.3) is 11.8 Å². The summed E-state index contributed by atoms with van der Waals surface area (Å²) in [6.45, 7) is 4.77. The van der Waals surface area contributed by atoms with Crippen LogP contribution < -0.4 is 25.6 Å². The number of nitrogens with zero attached hydrogens (tertiary/aromatic N) is 1. The molecule has 3 aromatic rings. The summed E-state index contributed by atoms with van der Waals surface area (Å²) in [5.41, 5.74) is 2.33. The molecule has 252 valence electrons. The first-order chi connectivity index (χ1) is 22.3. The fourth-order valence-corrected chi connectivity index (χ4v) is 5.85. The van der Waals surface area contributed by atoms with Gasteiger partial charge in [0, 0.05) is 41.8 Å². The molecule has 0 aliphatic heterocycles. The molecular formula is C35H44BrN5O5S. The van der Waals surface area contributed by atoms with E-state index in [-0.39, 0.29) is 28.8 Å². The average Bonchev–Trinajstić information content (AvgIpc) is 3.89. The number of sulfonamides is 1. The van der Waals surface area contributed by atoms with Gasteiger partial charge in [0.1, 0.15) is 0 Å². The SMILES string of the molecule is CC[C@H](NC[C@H](Cc1ccc(Br)cc1)NC(=O)c1cc(C(=O)N[C@H](C)c2ccccc2)cc(N(C)S(C)(=O)=O)c1)C(=O)NCC1CC1. The third kappa shape index (κ3) is 10.9. The Morgan fingerprint density at radius 1 is 0.936 bits per heavy atom. The van der Waals surface area contributed by atoms with Gasteiger partial charge in [-0.1, -0.05) is 65.3 Å². The molecule has 3 atom stereocenters. The third-order valence-electron chi connectivity index (χ3n) is 8.28. The van der Waals surface area contributed by atoms with Crippen molar-refractivity contribution in [3.8, 4) is 0 Å². The molecule has 0 heterocycles. The van der Waals surface area contributed by atoms with E-state index >= 15 is 0 Å². The van der Waals surface area contributed by atoms with Crippen LogP contribution in [0.5, 0.6) is 0 Å². The highest BCUT2D eigenvalue weighted by atomic mass is 79.9. The van der Waals surface area contributed by atoms with Crippen LogP contribution in [-0.2, 0) is 21.2 Å². The normalized spacial score (nSPS) is 14.8. The average molecular weight is 727 g/mol. The molecule has 0 aromatic heterocycles. The fraction of sp³-hybridized carbons (Fsp3) is 0.400. The van der Waals surface area contributed by atoms with Crippen LogP contribution >= 0.6 is 15.9 Å². The Bertz CT molecular complexity index is 1650. The van der Waals surface area contributed by atoms with Crippen molar-refractivity contribution >= 4 is 49.4 Å². The summed E-state index contributed by atoms with van der Waals surface area (Å²) in [6.07, 6.45) is 4.39. The van der Waals surface area contributed by atoms with Gasteiger partial charge < -0.3 is 21.3 Å². The predicted octanol–water partition coefficient (Wildman–Crippen LogP) is 4.57. The molecule has 4 N–H and O–H groups in total. The standard InChI is InChI=1S/C35H44BrN5O5S/c1-5-32(35(44)38-21-25-11-12-25)37-22-30(17-24-13-15-29(36)16-14-24)40-34(43)28-18-27(19-31(20-28)41(3)47(4,45)46)33(42)39-23(2)26-9-7-6-8-10-26/h6-10,13-16,18-20,23,25,30,32,37H,5,11-12,17,21-22H2,1-4H3,(H,38,44)(H,39,42)(H,40,43)/t23-,30+,32+/m1/s1. The summed E-state index contributed by atoms with van der Waals surface area (Å²) >= 11 is 3.46. The minimum Gasteiger partial charge on any atom is -0.354 e. The number of amides is 3. The molecule has 12 heteroatoms. The molecule has 1 fully saturated rings. The molecule has 0 bridgehead atoms. The van der Waals surface area contributed by atoms with Crippen LogP contribution in [0.3, 0.4) is 0 Å². The maximum absolute atomic E-state index is 13.8. The number of carbonyl (C=O) groups is 3. The van der Waals surface area contributed by atoms with E-state index in [0.29, 0.717) is 31.8 Å². The van der Waals surface area contributed by atoms with Crippen molar-refractivity contribution < 1.29 is 22.8 Å². The first kappa shape index (κ1) is 36.1. The highest BCUT2D eigenvalue weighted by Gasteiger charge is 2.25. The van der Waals surface area contributed by atoms with Crippen LogP contribution in [0, 0.1) is 5.92 Å². The van der Waals surface area contributed by atoms with E-state index in [4.69, 9.17) is 0 Å². The molecule has 4 rings (SSSR count). The van der Waals surface area contributed by atoms with Crippen molar-refractivity contribution in [2.24, 2.45) is 5.92 Å². The Morgan fingerprint density at radius 3 is 2.13 bits per heavy atom. The van der Waals surface area contributed by atoms with Gasteiger partial charge in [-0.3, -0.25) is 18.7 Å². The van der Waals surface area contributed by atoms with Gasteiger partial charge in [0.2, 0.25) is 15.9 Å². The van der Waals surface area contributed by atoms with Crippen molar-refractivity contribution in [1.29, 1.82) is 0 Å². The van der Waals surface area contributed by atoms with Crippen molar-refractivity contribution in [3.63, 3.8) is 0 Å². The fourth-order valence-electron chi connectivity index (χ4n) is 5.10. The molecule has 0 unspecified atom stereocenters. The van der Waals surface area contributed by atoms with Gasteiger partial charge in [-0.05, 0) is 80.0 Å². The highest BCUT2D eigenvalue weighted by molar-refractivity contribution is 9.10. The topological polar surface area (TPSA) is 137 Å². The molecule has 3 amide bonds. The third-order valence-corrected chi connectivity index (χ3v) is 10.0. The summed E-state index contributed by atoms with van der Waals surface area (Å²) in [4.78, 5) is 40.1. The number of benzene rings is 3. The van der Waals surface area contributed by atoms with Crippen molar-refractivity contribution in [3.05, 3.63) is 99.5 Å². The Hall–Kier alpha value is -3.74. The van der Waals surface area contributed by atoms with Gasteiger partial charge >= 0.3 is 0 Å². The second-order valence-corrected chi connectivity index (χ2v) is 15.1. The second-order valence-electron chi connectivity index (χ2n) is 12.2. The van der Waals surface area contributed by atoms with Crippen LogP contribution in [0.25, 0.3) is 0 Å². The van der Waals surface area contributed by atoms with Crippen LogP contribution in [0.2, 0.25) is 0 Å². The number of hydrogen-bond acceptors (Lipinski definition) is 6. The van der Waals surface area contributed by atoms with Gasteiger partial charge in [-0.2, -0.15) is 0 Å². The largest absolute Gasteiger partial charge is 0.354 e. The minimum absolute atomic E-state index is 0.0648. The Kier molecular flexibility index (Phi) is 12.6. The van der Waals surface area contributed by atoms with Crippen molar-refractivity contribution in [1.82, 2.24) is 21.3 Å². The van der Waals surface area contributed by atoms with Gasteiger partial charge in [-0.25, -0.2) is 8.42 Å². The van der Waals surface area contributed by atoms with E-state index in [1.54, 1.807) is 0 Å². The zero-order valence-electron chi connectivity index (χ0n) is 27.3. The molecular weight excluding hydrogens is 682 g/mol. The zero-order valence-corrected chi connectivity index (χ0v) is 29.7. The number of carbonyl (C=O) groups excluding carboxylic acids is 3. The Morgan fingerprint density at radius 2 is 1.55 bits per heavy atom. The molecule has 10 nitrogen and oxygen atoms in total. The first-order valence-electron chi connectivity index (χ1n) is 15.8. The maximum Gasteiger partial charge on any atom is 0.251 e. The van der Waals surface area contributed by atoms with Crippen LogP contribution in [0.1, 0.15) is 71.0 Å². The van der Waals surface area contributed by atoms with Gasteiger partial charge in [-0.15, -0.1) is 0 Å². The monoisotopic (exact) mass is 725 g/mol. The van der Waals surface area contributed by atoms with Crippen molar-refractivity contribution in [2.75, 3.05) is 30.7 Å². The highest BCUT2D eigenvalue weighted by Crippen LogP contribution is 2.27. The molecule has 3 aromatic carbocycles. The van der Waals surface area contributed by atoms with E-state index in [1.807, 2.05) is 68.4 Å². The molecule has 1 aliphatic carbocycles. The summed E-state index contributed by atoms with van der Waals surface area (Å²) in [5, 5.41) is 12.4. The van der Waals surface area contributed by atoms with Crippen LogP contribution in [0.4, 0.5) is 5.69 Å². The molecule has 0 radical (unpaired) electrons. The molecule has 1 saturated carbocycles. The Labute approximate surface area is 286 Å². The lowest BCUT2D eigenvalue weighted by molar-refractivity contribution is -0.123. The smallest absolute Gasteiger partial charge is 0.251 e. The van der Waals surface area contributed by atoms with Crippen LogP contribution in [-0.4, -0.2) is 64.6 Å². The van der Waals surface area contributed by atoms with E-state index < -0.39 is 33.9 Å². The summed E-state index contributed by atoms with van der Waals surface area (Å²) < 4.78 is 26.9. The lowest BCUT2D eigenvalue weighted by atomic mass is 10.0. The van der Waals surface area contributed by atoms with E-state index in [2.05, 4.69) is 37.2 Å². The number of hydrogen-bond donors (Lipinski definition) is 4. The number of nitrogens with one attached hydrogen (secondary N) is 4. The quantitative estimate of drug-likeness (QED) is 0.171. The van der Waals surface area contributed by atoms with E-state index in [1.165, 1.54) is 25.2 Å². The zero-order chi connectivity index (χ0) is 34.1. The lowest BCUT2D eigenvalue weighted by Crippen LogP contribution is -2.50. The number of anilines is 1. The molecule has 0 saturated heterocycles. The van der Waals surface area contributed by atoms with E-state index in [9.17, 15) is 22.8 Å². The van der Waals surface area contributed by atoms with Gasteiger partial charge in [0.05, 0.1) is 24.0 Å². The number of halogens is 1. The van der Waals surface area contributed by atoms with Gasteiger partial charge in [0.15, 0.2) is 0 Å². The Balaban J connectivity index is 1.57. The lowest BCUT2D eigenvalue weighted by Gasteiger charge is -2.24. The summed E-state index contributed by atoms with van der Waals surface area (Å²) in [5.74, 6) is -0.429. The second kappa shape index (κ2) is 16.4. The van der Waals surface area contributed by atoms with Crippen molar-refractivity contribution in [2.45, 2.75) is 57.7 Å². The predicted molar refractivity (Wildman–Crippen MR) is 189 cm³/mol. The van der Waals surface area contributed by atoms with E-state index in [0.717, 1.165) is 39.0 Å². The maximum atomic E-state index is 13.8. The van der Waals surface area contributed by atoms with Crippen LogP contribution in [0.15, 0.2) is 77.3 Å². The minimum atomic E-state index is -3.69. The summed E-state index contributed by atoms with van der Waals surface area (Å²) in [6, 6.07) is 20.4. The molecule has 1 aliphatic rings. The molecule has 47 heavy (non-hydrogen) atoms. The first-order valence-corrected chi connectivity index (χ1v) is 18.5. The molecule has 0 spiro atoms. The summed E-state index contributed by atoms with van der Waals surface area (Å²) in [7, 11) is -2.32.